The lowest BCUT2D eigenvalue weighted by atomic mass is 9.84. The van der Waals surface area contributed by atoms with E-state index in [0.29, 0.717) is 6.10 Å². The van der Waals surface area contributed by atoms with Gasteiger partial charge in [0.15, 0.2) is 0 Å². The zero-order valence-electron chi connectivity index (χ0n) is 26.0. The summed E-state index contributed by atoms with van der Waals surface area (Å²) in [7, 11) is -2.11. The van der Waals surface area contributed by atoms with Crippen LogP contribution < -0.4 is 0 Å². The standard InChI is InChI=1S/C32H64O3Si2/c1-8-12-28-13-17-31(18-14-28)35-32(33)29-15-19-30(20-16-29)34-22-10-11-23-36(4,5)25-26-37(6,7)24-21-27(3)9-2/h27-31H,8-26H2,1-7H3. The summed E-state index contributed by atoms with van der Waals surface area (Å²) in [5.41, 5.74) is 0. The number of carbonyl (C=O) groups excluding carboxylic acids is 1. The molecule has 0 radical (unpaired) electrons. The summed E-state index contributed by atoms with van der Waals surface area (Å²) in [5, 5.41) is 0. The first-order valence-corrected chi connectivity index (χ1v) is 23.2. The molecular formula is C32H64O3Si2. The minimum Gasteiger partial charge on any atom is -0.462 e. The Morgan fingerprint density at radius 3 is 1.97 bits per heavy atom. The molecule has 2 aliphatic rings. The summed E-state index contributed by atoms with van der Waals surface area (Å²) in [6.07, 6.45) is 17.0. The molecule has 0 aromatic rings. The normalized spacial score (nSPS) is 26.1. The molecule has 2 saturated carbocycles. The van der Waals surface area contributed by atoms with Gasteiger partial charge in [-0.2, -0.15) is 0 Å². The average Bonchev–Trinajstić information content (AvgIpc) is 2.88. The minimum atomic E-state index is -1.09. The lowest BCUT2D eigenvalue weighted by Crippen LogP contribution is -2.32. The third-order valence-electron chi connectivity index (χ3n) is 9.87. The highest BCUT2D eigenvalue weighted by atomic mass is 28.3. The fourth-order valence-electron chi connectivity index (χ4n) is 6.40. The van der Waals surface area contributed by atoms with Crippen LogP contribution in [0.4, 0.5) is 0 Å². The molecule has 0 saturated heterocycles. The van der Waals surface area contributed by atoms with Gasteiger partial charge >= 0.3 is 5.97 Å². The molecule has 0 aliphatic heterocycles. The predicted octanol–water partition coefficient (Wildman–Crippen LogP) is 10.1. The molecule has 5 heteroatoms. The van der Waals surface area contributed by atoms with E-state index in [-0.39, 0.29) is 18.0 Å². The number of hydrogen-bond acceptors (Lipinski definition) is 3. The van der Waals surface area contributed by atoms with Gasteiger partial charge in [0.25, 0.3) is 0 Å². The van der Waals surface area contributed by atoms with Crippen molar-refractivity contribution < 1.29 is 14.3 Å². The van der Waals surface area contributed by atoms with Gasteiger partial charge in [0.05, 0.1) is 12.0 Å². The summed E-state index contributed by atoms with van der Waals surface area (Å²) in [6, 6.07) is 6.02. The van der Waals surface area contributed by atoms with Crippen molar-refractivity contribution in [2.45, 2.75) is 173 Å². The Morgan fingerprint density at radius 2 is 1.38 bits per heavy atom. The molecule has 0 spiro atoms. The van der Waals surface area contributed by atoms with Crippen LogP contribution in [0, 0.1) is 17.8 Å². The smallest absolute Gasteiger partial charge is 0.309 e. The van der Waals surface area contributed by atoms with Crippen molar-refractivity contribution in [3.63, 3.8) is 0 Å². The highest BCUT2D eigenvalue weighted by molar-refractivity contribution is 6.82. The molecule has 3 nitrogen and oxygen atoms in total. The highest BCUT2D eigenvalue weighted by Gasteiger charge is 2.31. The highest BCUT2D eigenvalue weighted by Crippen LogP contribution is 2.33. The monoisotopic (exact) mass is 552 g/mol. The zero-order valence-corrected chi connectivity index (χ0v) is 28.0. The summed E-state index contributed by atoms with van der Waals surface area (Å²) < 4.78 is 12.2. The van der Waals surface area contributed by atoms with E-state index < -0.39 is 16.1 Å². The molecular weight excluding hydrogens is 489 g/mol. The summed E-state index contributed by atoms with van der Waals surface area (Å²) in [4.78, 5) is 12.7. The predicted molar refractivity (Wildman–Crippen MR) is 166 cm³/mol. The number of ether oxygens (including phenoxy) is 2. The summed E-state index contributed by atoms with van der Waals surface area (Å²) in [5.74, 6) is 1.95. The second-order valence-corrected chi connectivity index (χ2v) is 25.2. The molecule has 0 N–H and O–H groups in total. The molecule has 37 heavy (non-hydrogen) atoms. The summed E-state index contributed by atoms with van der Waals surface area (Å²) in [6.45, 7) is 18.4. The van der Waals surface area contributed by atoms with Crippen LogP contribution in [0.15, 0.2) is 0 Å². The Morgan fingerprint density at radius 1 is 0.784 bits per heavy atom. The molecule has 2 aliphatic carbocycles. The van der Waals surface area contributed by atoms with Crippen molar-refractivity contribution in [1.82, 2.24) is 0 Å². The molecule has 0 aromatic carbocycles. The third kappa shape index (κ3) is 13.7. The van der Waals surface area contributed by atoms with Gasteiger partial charge in [-0.05, 0) is 69.6 Å². The van der Waals surface area contributed by atoms with Crippen LogP contribution >= 0.6 is 0 Å². The quantitative estimate of drug-likeness (QED) is 0.102. The van der Waals surface area contributed by atoms with Gasteiger partial charge in [0.1, 0.15) is 6.10 Å². The Labute approximate surface area is 233 Å². The van der Waals surface area contributed by atoms with Crippen LogP contribution in [0.5, 0.6) is 0 Å². The largest absolute Gasteiger partial charge is 0.462 e. The van der Waals surface area contributed by atoms with E-state index in [1.165, 1.54) is 75.5 Å². The van der Waals surface area contributed by atoms with Crippen molar-refractivity contribution in [2.75, 3.05) is 6.61 Å². The van der Waals surface area contributed by atoms with Gasteiger partial charge in [0.2, 0.25) is 0 Å². The van der Waals surface area contributed by atoms with E-state index in [9.17, 15) is 4.79 Å². The number of hydrogen-bond donors (Lipinski definition) is 0. The number of esters is 1. The van der Waals surface area contributed by atoms with Gasteiger partial charge in [0, 0.05) is 22.8 Å². The van der Waals surface area contributed by atoms with Crippen LogP contribution in [0.3, 0.4) is 0 Å². The molecule has 0 bridgehead atoms. The number of carbonyl (C=O) groups is 1. The molecule has 0 aromatic heterocycles. The maximum atomic E-state index is 12.7. The van der Waals surface area contributed by atoms with Gasteiger partial charge in [-0.1, -0.05) is 103 Å². The molecule has 0 heterocycles. The molecule has 1 unspecified atom stereocenters. The van der Waals surface area contributed by atoms with Crippen molar-refractivity contribution in [3.05, 3.63) is 0 Å². The van der Waals surface area contributed by atoms with Crippen molar-refractivity contribution in [2.24, 2.45) is 17.8 Å². The lowest BCUT2D eigenvalue weighted by Gasteiger charge is -2.31. The van der Waals surface area contributed by atoms with Gasteiger partial charge in [-0.3, -0.25) is 4.79 Å². The average molecular weight is 553 g/mol. The first-order chi connectivity index (χ1) is 17.5. The molecule has 0 amide bonds. The maximum Gasteiger partial charge on any atom is 0.309 e. The molecule has 2 rings (SSSR count). The van der Waals surface area contributed by atoms with Gasteiger partial charge in [-0.25, -0.2) is 0 Å². The molecule has 218 valence electrons. The van der Waals surface area contributed by atoms with Crippen LogP contribution in [0.1, 0.15) is 111 Å². The molecule has 2 fully saturated rings. The van der Waals surface area contributed by atoms with Crippen molar-refractivity contribution in [3.8, 4) is 0 Å². The van der Waals surface area contributed by atoms with Gasteiger partial charge < -0.3 is 9.47 Å². The lowest BCUT2D eigenvalue weighted by molar-refractivity contribution is -0.158. The van der Waals surface area contributed by atoms with Crippen molar-refractivity contribution in [1.29, 1.82) is 0 Å². The first-order valence-electron chi connectivity index (χ1n) is 16.4. The molecule has 1 atom stereocenters. The van der Waals surface area contributed by atoms with Crippen LogP contribution in [0.25, 0.3) is 0 Å². The Hall–Kier alpha value is -0.136. The van der Waals surface area contributed by atoms with E-state index in [1.54, 1.807) is 0 Å². The van der Waals surface area contributed by atoms with E-state index in [0.717, 1.165) is 57.0 Å². The topological polar surface area (TPSA) is 35.5 Å². The van der Waals surface area contributed by atoms with Crippen molar-refractivity contribution >= 4 is 22.1 Å². The number of rotatable bonds is 17. The van der Waals surface area contributed by atoms with E-state index in [1.807, 2.05) is 0 Å². The van der Waals surface area contributed by atoms with E-state index in [2.05, 4.69) is 47.0 Å². The van der Waals surface area contributed by atoms with Crippen LogP contribution in [-0.2, 0) is 14.3 Å². The Balaban J connectivity index is 1.53. The second kappa shape index (κ2) is 16.8. The maximum absolute atomic E-state index is 12.7. The fraction of sp³-hybridized carbons (Fsp3) is 0.969. The van der Waals surface area contributed by atoms with E-state index in [4.69, 9.17) is 9.47 Å². The summed E-state index contributed by atoms with van der Waals surface area (Å²) >= 11 is 0. The van der Waals surface area contributed by atoms with E-state index >= 15 is 0 Å². The van der Waals surface area contributed by atoms with Crippen LogP contribution in [0.2, 0.25) is 50.4 Å². The minimum absolute atomic E-state index is 0.0793. The fourth-order valence-corrected chi connectivity index (χ4v) is 14.8. The zero-order chi connectivity index (χ0) is 27.3. The Kier molecular flexibility index (Phi) is 15.1. The Bertz CT molecular complexity index is 620. The van der Waals surface area contributed by atoms with Crippen LogP contribution in [-0.4, -0.2) is 40.9 Å². The SMILES string of the molecule is CCCC1CCC(OC(=O)C2CCC(OCCCC[Si](C)(C)CC[Si](C)(C)CCC(C)CC)CC2)CC1. The van der Waals surface area contributed by atoms with Gasteiger partial charge in [-0.15, -0.1) is 0 Å². The second-order valence-electron chi connectivity index (χ2n) is 14.6. The first kappa shape index (κ1) is 33.1. The number of unbranched alkanes of at least 4 members (excludes halogenated alkanes) is 1. The third-order valence-corrected chi connectivity index (χ3v) is 16.9.